The first-order chi connectivity index (χ1) is 15.2. The smallest absolute Gasteiger partial charge is 0.342 e. The van der Waals surface area contributed by atoms with E-state index in [1.54, 1.807) is 21.0 Å². The van der Waals surface area contributed by atoms with Crippen molar-refractivity contribution in [3.05, 3.63) is 33.7 Å². The number of ether oxygens (including phenoxy) is 5. The number of amides is 1. The van der Waals surface area contributed by atoms with E-state index in [-0.39, 0.29) is 57.2 Å². The van der Waals surface area contributed by atoms with Crippen LogP contribution in [0.4, 0.5) is 5.00 Å². The monoisotopic (exact) mass is 466 g/mol. The molecule has 0 saturated heterocycles. The molecule has 1 amide bonds. The molecule has 11 heteroatoms. The highest BCUT2D eigenvalue weighted by molar-refractivity contribution is 7.18. The fraction of sp³-hybridized carbons (Fsp3) is 0.381. The molecule has 0 bridgehead atoms. The summed E-state index contributed by atoms with van der Waals surface area (Å²) >= 11 is 0.931. The zero-order valence-corrected chi connectivity index (χ0v) is 19.6. The number of nitrogens with zero attached hydrogens (tertiary/aromatic N) is 1. The quantitative estimate of drug-likeness (QED) is 0.555. The van der Waals surface area contributed by atoms with Gasteiger partial charge in [0.2, 0.25) is 5.75 Å². The van der Waals surface area contributed by atoms with Crippen LogP contribution in [0.15, 0.2) is 12.1 Å². The SMILES string of the molecule is CCOC(=O)c1c(N)sc(C(=O)N(C)C)c1COC(=O)c1ccc(OC)c(OC)c1OC. The van der Waals surface area contributed by atoms with Gasteiger partial charge in [0, 0.05) is 19.7 Å². The van der Waals surface area contributed by atoms with Crippen molar-refractivity contribution in [1.29, 1.82) is 0 Å². The highest BCUT2D eigenvalue weighted by Crippen LogP contribution is 2.40. The Balaban J connectivity index is 2.44. The van der Waals surface area contributed by atoms with E-state index in [4.69, 9.17) is 29.4 Å². The van der Waals surface area contributed by atoms with Gasteiger partial charge in [-0.1, -0.05) is 0 Å². The van der Waals surface area contributed by atoms with Gasteiger partial charge in [-0.15, -0.1) is 11.3 Å². The first-order valence-corrected chi connectivity index (χ1v) is 10.3. The molecule has 0 unspecified atom stereocenters. The summed E-state index contributed by atoms with van der Waals surface area (Å²) in [5, 5.41) is 0.100. The third-order valence-electron chi connectivity index (χ3n) is 4.39. The van der Waals surface area contributed by atoms with Crippen LogP contribution in [0.5, 0.6) is 17.2 Å². The molecule has 32 heavy (non-hydrogen) atoms. The van der Waals surface area contributed by atoms with Crippen LogP contribution in [0.3, 0.4) is 0 Å². The Morgan fingerprint density at radius 3 is 2.16 bits per heavy atom. The number of carbonyl (C=O) groups is 3. The van der Waals surface area contributed by atoms with Crippen molar-refractivity contribution in [2.75, 3.05) is 47.8 Å². The van der Waals surface area contributed by atoms with Gasteiger partial charge >= 0.3 is 11.9 Å². The average Bonchev–Trinajstić information content (AvgIpc) is 3.11. The predicted octanol–water partition coefficient (Wildman–Crippen LogP) is 2.59. The van der Waals surface area contributed by atoms with E-state index in [9.17, 15) is 14.4 Å². The number of methoxy groups -OCH3 is 3. The average molecular weight is 467 g/mol. The largest absolute Gasteiger partial charge is 0.493 e. The number of thiophene rings is 1. The molecule has 0 saturated carbocycles. The molecule has 2 rings (SSSR count). The predicted molar refractivity (Wildman–Crippen MR) is 118 cm³/mol. The summed E-state index contributed by atoms with van der Waals surface area (Å²) in [7, 11) is 7.37. The molecule has 2 aromatic rings. The van der Waals surface area contributed by atoms with Gasteiger partial charge in [-0.25, -0.2) is 9.59 Å². The third kappa shape index (κ3) is 4.88. The summed E-state index contributed by atoms with van der Waals surface area (Å²) in [6.45, 7) is 1.38. The summed E-state index contributed by atoms with van der Waals surface area (Å²) in [5.41, 5.74) is 6.26. The van der Waals surface area contributed by atoms with Crippen molar-refractivity contribution >= 4 is 34.2 Å². The van der Waals surface area contributed by atoms with Crippen LogP contribution in [0, 0.1) is 0 Å². The Morgan fingerprint density at radius 2 is 1.62 bits per heavy atom. The van der Waals surface area contributed by atoms with Crippen LogP contribution in [0.2, 0.25) is 0 Å². The number of carbonyl (C=O) groups excluding carboxylic acids is 3. The Bertz CT molecular complexity index is 1020. The molecular formula is C21H26N2O8S. The van der Waals surface area contributed by atoms with E-state index in [0.29, 0.717) is 5.75 Å². The van der Waals surface area contributed by atoms with Gasteiger partial charge in [-0.05, 0) is 19.1 Å². The molecule has 10 nitrogen and oxygen atoms in total. The van der Waals surface area contributed by atoms with Crippen molar-refractivity contribution in [3.63, 3.8) is 0 Å². The molecule has 0 radical (unpaired) electrons. The molecular weight excluding hydrogens is 440 g/mol. The van der Waals surface area contributed by atoms with Crippen molar-refractivity contribution < 1.29 is 38.1 Å². The number of rotatable bonds is 9. The van der Waals surface area contributed by atoms with Gasteiger partial charge in [0.25, 0.3) is 5.91 Å². The molecule has 0 fully saturated rings. The molecule has 1 aromatic heterocycles. The van der Waals surface area contributed by atoms with Crippen LogP contribution in [0.25, 0.3) is 0 Å². The van der Waals surface area contributed by atoms with E-state index in [2.05, 4.69) is 0 Å². The number of esters is 2. The van der Waals surface area contributed by atoms with E-state index >= 15 is 0 Å². The molecule has 0 atom stereocenters. The molecule has 1 aromatic carbocycles. The molecule has 0 aliphatic rings. The van der Waals surface area contributed by atoms with Gasteiger partial charge in [0.15, 0.2) is 11.5 Å². The number of nitrogen functional groups attached to an aromatic ring is 1. The van der Waals surface area contributed by atoms with Crippen molar-refractivity contribution in [2.45, 2.75) is 13.5 Å². The lowest BCUT2D eigenvalue weighted by Gasteiger charge is -2.16. The second-order valence-corrected chi connectivity index (χ2v) is 7.58. The van der Waals surface area contributed by atoms with Gasteiger partial charge in [0.05, 0.1) is 27.9 Å². The summed E-state index contributed by atoms with van der Waals surface area (Å²) in [4.78, 5) is 39.4. The molecule has 1 heterocycles. The number of anilines is 1. The Hall–Kier alpha value is -3.47. The molecule has 0 aliphatic carbocycles. The van der Waals surface area contributed by atoms with Crippen molar-refractivity contribution in [3.8, 4) is 17.2 Å². The molecule has 174 valence electrons. The zero-order chi connectivity index (χ0) is 24.0. The minimum atomic E-state index is -0.759. The van der Waals surface area contributed by atoms with Gasteiger partial charge in [-0.3, -0.25) is 4.79 Å². The highest BCUT2D eigenvalue weighted by atomic mass is 32.1. The topological polar surface area (TPSA) is 127 Å². The second-order valence-electron chi connectivity index (χ2n) is 6.53. The normalized spacial score (nSPS) is 10.3. The van der Waals surface area contributed by atoms with Gasteiger partial charge in [0.1, 0.15) is 27.6 Å². The molecule has 0 spiro atoms. The lowest BCUT2D eigenvalue weighted by Crippen LogP contribution is -2.22. The van der Waals surface area contributed by atoms with E-state index in [1.807, 2.05) is 0 Å². The van der Waals surface area contributed by atoms with Gasteiger partial charge < -0.3 is 34.3 Å². The third-order valence-corrected chi connectivity index (χ3v) is 5.44. The van der Waals surface area contributed by atoms with Crippen molar-refractivity contribution in [2.24, 2.45) is 0 Å². The van der Waals surface area contributed by atoms with E-state index < -0.39 is 11.9 Å². The van der Waals surface area contributed by atoms with Crippen LogP contribution in [0.1, 0.15) is 42.9 Å². The number of benzene rings is 1. The van der Waals surface area contributed by atoms with Crippen molar-refractivity contribution in [1.82, 2.24) is 4.90 Å². The maximum atomic E-state index is 12.9. The van der Waals surface area contributed by atoms with Crippen LogP contribution in [-0.4, -0.2) is 64.8 Å². The number of hydrogen-bond acceptors (Lipinski definition) is 10. The number of hydrogen-bond donors (Lipinski definition) is 1. The van der Waals surface area contributed by atoms with E-state index in [0.717, 1.165) is 11.3 Å². The summed E-state index contributed by atoms with van der Waals surface area (Å²) in [6.07, 6.45) is 0. The summed E-state index contributed by atoms with van der Waals surface area (Å²) in [5.74, 6) is -1.13. The van der Waals surface area contributed by atoms with Crippen LogP contribution in [-0.2, 0) is 16.1 Å². The maximum Gasteiger partial charge on any atom is 0.342 e. The Morgan fingerprint density at radius 1 is 0.969 bits per heavy atom. The Labute approximate surface area is 189 Å². The van der Waals surface area contributed by atoms with E-state index in [1.165, 1.54) is 38.4 Å². The minimum absolute atomic E-state index is 0.00845. The molecule has 2 N–H and O–H groups in total. The standard InChI is InChI=1S/C21H26N2O8S/c1-7-30-21(26)14-12(17(32-18(14)22)19(24)23(2)3)10-31-20(25)11-8-9-13(27-4)16(29-6)15(11)28-5/h8-9H,7,10,22H2,1-6H3. The van der Waals surface area contributed by atoms with Crippen LogP contribution < -0.4 is 19.9 Å². The maximum absolute atomic E-state index is 12.9. The second kappa shape index (κ2) is 10.7. The number of nitrogens with two attached hydrogens (primary N) is 1. The Kier molecular flexibility index (Phi) is 8.30. The molecule has 0 aliphatic heterocycles. The highest BCUT2D eigenvalue weighted by Gasteiger charge is 2.29. The minimum Gasteiger partial charge on any atom is -0.493 e. The summed E-state index contributed by atoms with van der Waals surface area (Å²) < 4.78 is 26.3. The van der Waals surface area contributed by atoms with Crippen LogP contribution >= 0.6 is 11.3 Å². The first kappa shape index (κ1) is 24.8. The zero-order valence-electron chi connectivity index (χ0n) is 18.8. The first-order valence-electron chi connectivity index (χ1n) is 9.47. The fourth-order valence-electron chi connectivity index (χ4n) is 2.90. The van der Waals surface area contributed by atoms with Gasteiger partial charge in [-0.2, -0.15) is 0 Å². The lowest BCUT2D eigenvalue weighted by molar-refractivity contribution is 0.0445. The summed E-state index contributed by atoms with van der Waals surface area (Å²) in [6, 6.07) is 2.99. The fourth-order valence-corrected chi connectivity index (χ4v) is 3.99. The lowest BCUT2D eigenvalue weighted by atomic mass is 10.1.